The van der Waals surface area contributed by atoms with Gasteiger partial charge < -0.3 is 14.7 Å². The number of hydrogen-bond acceptors (Lipinski definition) is 6. The van der Waals surface area contributed by atoms with E-state index in [-0.39, 0.29) is 34.8 Å². The predicted molar refractivity (Wildman–Crippen MR) is 132 cm³/mol. The summed E-state index contributed by atoms with van der Waals surface area (Å²) in [5.41, 5.74) is 2.40. The molecule has 2 saturated heterocycles. The van der Waals surface area contributed by atoms with E-state index in [9.17, 15) is 24.5 Å². The highest BCUT2D eigenvalue weighted by Gasteiger charge is 2.30. The number of Topliss-reactive ketones (excluding diaryl/α,β-unsaturated/α-hetero) is 1. The minimum Gasteiger partial charge on any atom is -0.362 e. The van der Waals surface area contributed by atoms with E-state index in [1.165, 1.54) is 13.0 Å². The van der Waals surface area contributed by atoms with Gasteiger partial charge in [-0.05, 0) is 31.9 Å². The number of rotatable bonds is 5. The lowest BCUT2D eigenvalue weighted by atomic mass is 9.88. The number of benzene rings is 2. The van der Waals surface area contributed by atoms with Crippen LogP contribution in [0.15, 0.2) is 42.5 Å². The van der Waals surface area contributed by atoms with Crippen molar-refractivity contribution in [1.29, 1.82) is 0 Å². The van der Waals surface area contributed by atoms with Crippen LogP contribution >= 0.6 is 0 Å². The highest BCUT2D eigenvalue weighted by atomic mass is 16.6. The highest BCUT2D eigenvalue weighted by molar-refractivity contribution is 5.99. The van der Waals surface area contributed by atoms with Crippen molar-refractivity contribution >= 4 is 29.0 Å². The maximum atomic E-state index is 13.1. The smallest absolute Gasteiger partial charge is 0.293 e. The normalized spacial score (nSPS) is 16.8. The predicted octanol–water partition coefficient (Wildman–Crippen LogP) is 3.31. The molecule has 2 aliphatic rings. The number of anilines is 1. The van der Waals surface area contributed by atoms with E-state index in [0.29, 0.717) is 63.4 Å². The second-order valence-electron chi connectivity index (χ2n) is 9.25. The second kappa shape index (κ2) is 10.2. The minimum absolute atomic E-state index is 0.00979. The molecule has 9 heteroatoms. The van der Waals surface area contributed by atoms with E-state index in [0.717, 1.165) is 5.56 Å². The summed E-state index contributed by atoms with van der Waals surface area (Å²) in [6.07, 6.45) is 1.14. The van der Waals surface area contributed by atoms with Crippen LogP contribution < -0.4 is 4.90 Å². The monoisotopic (exact) mass is 478 g/mol. The molecule has 0 N–H and O–H groups in total. The number of carbonyl (C=O) groups excluding carboxylic acids is 3. The van der Waals surface area contributed by atoms with Gasteiger partial charge in [0.1, 0.15) is 5.69 Å². The summed E-state index contributed by atoms with van der Waals surface area (Å²) in [7, 11) is 0. The Morgan fingerprint density at radius 3 is 2.03 bits per heavy atom. The molecule has 4 rings (SSSR count). The van der Waals surface area contributed by atoms with Gasteiger partial charge in [-0.1, -0.05) is 29.8 Å². The molecule has 0 bridgehead atoms. The van der Waals surface area contributed by atoms with Crippen molar-refractivity contribution in [3.8, 4) is 0 Å². The average Bonchev–Trinajstić information content (AvgIpc) is 2.88. The zero-order valence-electron chi connectivity index (χ0n) is 20.1. The summed E-state index contributed by atoms with van der Waals surface area (Å²) in [5, 5.41) is 11.8. The van der Waals surface area contributed by atoms with Gasteiger partial charge in [0.05, 0.1) is 4.92 Å². The SMILES string of the molecule is CC(=O)N1CCN(c2ccc(C(=O)N3CCC(C(=O)c4ccc(C)cc4)CC3)cc2[N+](=O)[O-])CC1. The van der Waals surface area contributed by atoms with Crippen LogP contribution in [-0.2, 0) is 4.79 Å². The van der Waals surface area contributed by atoms with Gasteiger partial charge in [0.25, 0.3) is 11.6 Å². The third-order valence-electron chi connectivity index (χ3n) is 6.97. The molecule has 0 spiro atoms. The second-order valence-corrected chi connectivity index (χ2v) is 9.25. The Morgan fingerprint density at radius 1 is 0.857 bits per heavy atom. The summed E-state index contributed by atoms with van der Waals surface area (Å²) >= 11 is 0. The molecule has 2 amide bonds. The van der Waals surface area contributed by atoms with Crippen molar-refractivity contribution in [2.45, 2.75) is 26.7 Å². The molecular weight excluding hydrogens is 448 g/mol. The maximum Gasteiger partial charge on any atom is 0.293 e. The molecule has 35 heavy (non-hydrogen) atoms. The van der Waals surface area contributed by atoms with Gasteiger partial charge in [-0.15, -0.1) is 0 Å². The molecule has 2 aromatic rings. The van der Waals surface area contributed by atoms with E-state index in [2.05, 4.69) is 0 Å². The zero-order valence-corrected chi connectivity index (χ0v) is 20.1. The number of ketones is 1. The minimum atomic E-state index is -0.462. The van der Waals surface area contributed by atoms with Crippen LogP contribution in [-0.4, -0.2) is 71.6 Å². The molecular formula is C26H30N4O5. The van der Waals surface area contributed by atoms with Crippen LogP contribution in [0.4, 0.5) is 11.4 Å². The third kappa shape index (κ3) is 5.34. The van der Waals surface area contributed by atoms with E-state index in [4.69, 9.17) is 0 Å². The summed E-state index contributed by atoms with van der Waals surface area (Å²) < 4.78 is 0. The van der Waals surface area contributed by atoms with Crippen molar-refractivity contribution in [2.75, 3.05) is 44.2 Å². The maximum absolute atomic E-state index is 13.1. The zero-order chi connectivity index (χ0) is 25.1. The topological polar surface area (TPSA) is 104 Å². The molecule has 0 atom stereocenters. The number of piperazine rings is 1. The lowest BCUT2D eigenvalue weighted by Gasteiger charge is -2.35. The Hall–Kier alpha value is -3.75. The molecule has 0 saturated carbocycles. The molecule has 2 heterocycles. The van der Waals surface area contributed by atoms with Crippen molar-refractivity contribution in [2.24, 2.45) is 5.92 Å². The summed E-state index contributed by atoms with van der Waals surface area (Å²) in [4.78, 5) is 54.1. The molecule has 0 unspecified atom stereocenters. The molecule has 2 fully saturated rings. The van der Waals surface area contributed by atoms with Crippen LogP contribution in [0, 0.1) is 23.0 Å². The Labute approximate surface area is 204 Å². The number of nitro groups is 1. The van der Waals surface area contributed by atoms with Crippen LogP contribution in [0.3, 0.4) is 0 Å². The first kappa shape index (κ1) is 24.4. The van der Waals surface area contributed by atoms with E-state index < -0.39 is 4.92 Å². The Morgan fingerprint density at radius 2 is 1.46 bits per heavy atom. The lowest BCUT2D eigenvalue weighted by Crippen LogP contribution is -2.48. The number of hydrogen-bond donors (Lipinski definition) is 0. The van der Waals surface area contributed by atoms with E-state index >= 15 is 0 Å². The lowest BCUT2D eigenvalue weighted by molar-refractivity contribution is -0.384. The quantitative estimate of drug-likeness (QED) is 0.371. The van der Waals surface area contributed by atoms with Gasteiger partial charge in [-0.2, -0.15) is 0 Å². The van der Waals surface area contributed by atoms with Crippen molar-refractivity contribution in [3.63, 3.8) is 0 Å². The molecule has 2 aliphatic heterocycles. The largest absolute Gasteiger partial charge is 0.362 e. The fourth-order valence-corrected chi connectivity index (χ4v) is 4.81. The fraction of sp³-hybridized carbons (Fsp3) is 0.423. The fourth-order valence-electron chi connectivity index (χ4n) is 4.81. The Balaban J connectivity index is 1.42. The number of nitro benzene ring substituents is 1. The van der Waals surface area contributed by atoms with E-state index in [1.807, 2.05) is 36.1 Å². The Kier molecular flexibility index (Phi) is 7.14. The molecule has 184 valence electrons. The number of likely N-dealkylation sites (tertiary alicyclic amines) is 1. The number of amides is 2. The molecule has 2 aromatic carbocycles. The van der Waals surface area contributed by atoms with Gasteiger partial charge in [-0.25, -0.2) is 0 Å². The number of aryl methyl sites for hydroxylation is 1. The van der Waals surface area contributed by atoms with Crippen LogP contribution in [0.25, 0.3) is 0 Å². The first-order chi connectivity index (χ1) is 16.7. The first-order valence-corrected chi connectivity index (χ1v) is 11.9. The van der Waals surface area contributed by atoms with E-state index in [1.54, 1.807) is 21.9 Å². The van der Waals surface area contributed by atoms with Gasteiger partial charge in [-0.3, -0.25) is 24.5 Å². The average molecular weight is 479 g/mol. The Bertz CT molecular complexity index is 1130. The van der Waals surface area contributed by atoms with Crippen molar-refractivity contribution < 1.29 is 19.3 Å². The highest BCUT2D eigenvalue weighted by Crippen LogP contribution is 2.31. The van der Waals surface area contributed by atoms with Gasteiger partial charge in [0, 0.05) is 69.3 Å². The number of nitrogens with zero attached hydrogens (tertiary/aromatic N) is 4. The van der Waals surface area contributed by atoms with Crippen molar-refractivity contribution in [1.82, 2.24) is 9.80 Å². The summed E-state index contributed by atoms with van der Waals surface area (Å²) in [6, 6.07) is 12.1. The van der Waals surface area contributed by atoms with Crippen LogP contribution in [0.1, 0.15) is 46.0 Å². The van der Waals surface area contributed by atoms with Gasteiger partial charge in [0.15, 0.2) is 5.78 Å². The van der Waals surface area contributed by atoms with Crippen LogP contribution in [0.2, 0.25) is 0 Å². The van der Waals surface area contributed by atoms with Crippen molar-refractivity contribution in [3.05, 3.63) is 69.3 Å². The third-order valence-corrected chi connectivity index (χ3v) is 6.97. The molecule has 9 nitrogen and oxygen atoms in total. The summed E-state index contributed by atoms with van der Waals surface area (Å²) in [6.45, 7) is 6.36. The molecule has 0 aliphatic carbocycles. The summed E-state index contributed by atoms with van der Waals surface area (Å²) in [5.74, 6) is -0.305. The van der Waals surface area contributed by atoms with Gasteiger partial charge >= 0.3 is 0 Å². The first-order valence-electron chi connectivity index (χ1n) is 11.9. The molecule has 0 aromatic heterocycles. The van der Waals surface area contributed by atoms with Crippen LogP contribution in [0.5, 0.6) is 0 Å². The number of piperidine rings is 1. The standard InChI is InChI=1S/C26H30N4O5/c1-18-3-5-20(6-4-18)25(32)21-9-11-29(12-10-21)26(33)22-7-8-23(24(17-22)30(34)35)28-15-13-27(14-16-28)19(2)31/h3-8,17,21H,9-16H2,1-2H3. The molecule has 0 radical (unpaired) electrons. The van der Waals surface area contributed by atoms with Gasteiger partial charge in [0.2, 0.25) is 5.91 Å². The number of carbonyl (C=O) groups is 3.